The van der Waals surface area contributed by atoms with Gasteiger partial charge in [-0.25, -0.2) is 4.98 Å². The summed E-state index contributed by atoms with van der Waals surface area (Å²) in [6, 6.07) is 3.78. The molecule has 1 aliphatic rings. The largest absolute Gasteiger partial charge is 0.386 e. The number of aryl methyl sites for hydroxylation is 1. The van der Waals surface area contributed by atoms with Crippen LogP contribution in [0.4, 0.5) is 5.82 Å². The number of β-amino-alcohol motifs (C(OH)–C–C–N with tert-alkyl or cyclic N) is 1. The number of thiophene rings is 1. The monoisotopic (exact) mass is 346 g/mol. The Morgan fingerprint density at radius 3 is 2.96 bits per heavy atom. The number of aromatic nitrogens is 2. The van der Waals surface area contributed by atoms with Crippen LogP contribution >= 0.6 is 11.3 Å². The smallest absolute Gasteiger partial charge is 0.263 e. The predicted octanol–water partition coefficient (Wildman–Crippen LogP) is 1.95. The Balaban J connectivity index is 1.67. The zero-order valence-corrected chi connectivity index (χ0v) is 14.8. The molecule has 24 heavy (non-hydrogen) atoms. The summed E-state index contributed by atoms with van der Waals surface area (Å²) in [5, 5.41) is 11.0. The van der Waals surface area contributed by atoms with E-state index < -0.39 is 5.60 Å². The Morgan fingerprint density at radius 2 is 2.29 bits per heavy atom. The fraction of sp³-hybridized carbons (Fsp3) is 0.471. The minimum Gasteiger partial charge on any atom is -0.386 e. The average molecular weight is 346 g/mol. The summed E-state index contributed by atoms with van der Waals surface area (Å²) < 4.78 is 0. The molecule has 1 amide bonds. The van der Waals surface area contributed by atoms with Crippen molar-refractivity contribution in [3.63, 3.8) is 0 Å². The standard InChI is InChI=1S/C17H22N4O2S/c1-13-4-5-14(24-13)16(22)20(2)11-17(23)6-3-9-21(12-17)15-10-18-7-8-19-15/h4-5,7-8,10,23H,3,6,9,11-12H2,1-2H3/t17-/m1/s1. The predicted molar refractivity (Wildman–Crippen MR) is 94.4 cm³/mol. The van der Waals surface area contributed by atoms with Gasteiger partial charge in [0, 0.05) is 37.4 Å². The molecule has 1 fully saturated rings. The third-order valence-corrected chi connectivity index (χ3v) is 5.25. The second kappa shape index (κ2) is 6.86. The van der Waals surface area contributed by atoms with Crippen molar-refractivity contribution in [1.82, 2.24) is 14.9 Å². The molecule has 128 valence electrons. The molecule has 1 aliphatic heterocycles. The van der Waals surface area contributed by atoms with Crippen molar-refractivity contribution in [1.29, 1.82) is 0 Å². The molecule has 1 N–H and O–H groups in total. The molecule has 1 atom stereocenters. The number of hydrogen-bond acceptors (Lipinski definition) is 6. The number of nitrogens with zero attached hydrogens (tertiary/aromatic N) is 4. The van der Waals surface area contributed by atoms with Gasteiger partial charge < -0.3 is 14.9 Å². The Kier molecular flexibility index (Phi) is 4.82. The van der Waals surface area contributed by atoms with Gasteiger partial charge in [0.2, 0.25) is 0 Å². The summed E-state index contributed by atoms with van der Waals surface area (Å²) in [5.41, 5.74) is -0.938. The van der Waals surface area contributed by atoms with E-state index in [4.69, 9.17) is 0 Å². The lowest BCUT2D eigenvalue weighted by Crippen LogP contribution is -2.54. The maximum absolute atomic E-state index is 12.5. The zero-order chi connectivity index (χ0) is 17.2. The highest BCUT2D eigenvalue weighted by atomic mass is 32.1. The van der Waals surface area contributed by atoms with E-state index in [2.05, 4.69) is 9.97 Å². The summed E-state index contributed by atoms with van der Waals surface area (Å²) in [6.45, 7) is 3.57. The van der Waals surface area contributed by atoms with Crippen molar-refractivity contribution in [2.45, 2.75) is 25.4 Å². The Labute approximate surface area is 145 Å². The van der Waals surface area contributed by atoms with E-state index in [1.165, 1.54) is 11.3 Å². The van der Waals surface area contributed by atoms with Crippen LogP contribution in [0.1, 0.15) is 27.4 Å². The number of hydrogen-bond donors (Lipinski definition) is 1. The lowest BCUT2D eigenvalue weighted by molar-refractivity contribution is -0.0000214. The van der Waals surface area contributed by atoms with Gasteiger partial charge in [-0.1, -0.05) is 0 Å². The number of likely N-dealkylation sites (N-methyl/N-ethyl adjacent to an activating group) is 1. The first-order valence-corrected chi connectivity index (χ1v) is 8.84. The van der Waals surface area contributed by atoms with Crippen molar-refractivity contribution in [2.75, 3.05) is 31.6 Å². The summed E-state index contributed by atoms with van der Waals surface area (Å²) >= 11 is 1.48. The zero-order valence-electron chi connectivity index (χ0n) is 14.0. The molecule has 7 heteroatoms. The molecule has 0 aromatic carbocycles. The number of carbonyl (C=O) groups is 1. The van der Waals surface area contributed by atoms with Crippen molar-refractivity contribution in [3.05, 3.63) is 40.5 Å². The van der Waals surface area contributed by atoms with E-state index in [1.54, 1.807) is 30.5 Å². The van der Waals surface area contributed by atoms with E-state index in [-0.39, 0.29) is 5.91 Å². The van der Waals surface area contributed by atoms with Crippen LogP contribution in [0, 0.1) is 6.92 Å². The number of rotatable bonds is 4. The first kappa shape index (κ1) is 16.9. The first-order chi connectivity index (χ1) is 11.5. The number of carbonyl (C=O) groups excluding carboxylic acids is 1. The second-order valence-electron chi connectivity index (χ2n) is 6.38. The highest BCUT2D eigenvalue weighted by Gasteiger charge is 2.36. The van der Waals surface area contributed by atoms with Crippen molar-refractivity contribution >= 4 is 23.1 Å². The molecule has 1 saturated heterocycles. The molecular weight excluding hydrogens is 324 g/mol. The van der Waals surface area contributed by atoms with Gasteiger partial charge in [0.1, 0.15) is 5.82 Å². The molecule has 0 saturated carbocycles. The topological polar surface area (TPSA) is 69.6 Å². The first-order valence-electron chi connectivity index (χ1n) is 8.02. The van der Waals surface area contributed by atoms with Crippen molar-refractivity contribution in [3.8, 4) is 0 Å². The van der Waals surface area contributed by atoms with Gasteiger partial charge in [-0.15, -0.1) is 11.3 Å². The number of amides is 1. The third-order valence-electron chi connectivity index (χ3n) is 4.26. The molecule has 2 aromatic rings. The molecule has 3 heterocycles. The van der Waals surface area contributed by atoms with Gasteiger partial charge in [0.15, 0.2) is 0 Å². The highest BCUT2D eigenvalue weighted by Crippen LogP contribution is 2.26. The lowest BCUT2D eigenvalue weighted by Gasteiger charge is -2.41. The van der Waals surface area contributed by atoms with Gasteiger partial charge in [-0.05, 0) is 31.9 Å². The van der Waals surface area contributed by atoms with Crippen LogP contribution in [0.2, 0.25) is 0 Å². The molecule has 0 spiro atoms. The van der Waals surface area contributed by atoms with Gasteiger partial charge in [0.25, 0.3) is 5.91 Å². The van der Waals surface area contributed by atoms with Crippen LogP contribution in [-0.4, -0.2) is 58.2 Å². The normalized spacial score (nSPS) is 20.9. The number of aliphatic hydroxyl groups is 1. The molecule has 0 radical (unpaired) electrons. The molecule has 6 nitrogen and oxygen atoms in total. The SMILES string of the molecule is Cc1ccc(C(=O)N(C)C[C@]2(O)CCCN(c3cnccn3)C2)s1. The maximum Gasteiger partial charge on any atom is 0.263 e. The maximum atomic E-state index is 12.5. The Bertz CT molecular complexity index is 706. The molecular formula is C17H22N4O2S. The van der Waals surface area contributed by atoms with Crippen LogP contribution < -0.4 is 4.90 Å². The van der Waals surface area contributed by atoms with Gasteiger partial charge in [-0.3, -0.25) is 9.78 Å². The second-order valence-corrected chi connectivity index (χ2v) is 7.67. The summed E-state index contributed by atoms with van der Waals surface area (Å²) in [5.74, 6) is 0.719. The van der Waals surface area contributed by atoms with Crippen LogP contribution in [0.3, 0.4) is 0 Å². The van der Waals surface area contributed by atoms with E-state index in [0.717, 1.165) is 23.7 Å². The van der Waals surface area contributed by atoms with E-state index in [0.29, 0.717) is 24.4 Å². The summed E-state index contributed by atoms with van der Waals surface area (Å²) in [6.07, 6.45) is 6.51. The van der Waals surface area contributed by atoms with Crippen LogP contribution in [-0.2, 0) is 0 Å². The van der Waals surface area contributed by atoms with Crippen molar-refractivity contribution in [2.24, 2.45) is 0 Å². The van der Waals surface area contributed by atoms with Crippen LogP contribution in [0.25, 0.3) is 0 Å². The minimum atomic E-state index is -0.938. The van der Waals surface area contributed by atoms with E-state index in [1.807, 2.05) is 24.0 Å². The van der Waals surface area contributed by atoms with Crippen LogP contribution in [0.15, 0.2) is 30.7 Å². The fourth-order valence-electron chi connectivity index (χ4n) is 3.14. The van der Waals surface area contributed by atoms with E-state index >= 15 is 0 Å². The summed E-state index contributed by atoms with van der Waals surface area (Å²) in [4.78, 5) is 26.4. The quantitative estimate of drug-likeness (QED) is 0.916. The lowest BCUT2D eigenvalue weighted by atomic mass is 9.92. The number of piperidine rings is 1. The molecule has 0 aliphatic carbocycles. The molecule has 0 unspecified atom stereocenters. The fourth-order valence-corrected chi connectivity index (χ4v) is 4.00. The van der Waals surface area contributed by atoms with Gasteiger partial charge in [-0.2, -0.15) is 0 Å². The van der Waals surface area contributed by atoms with Crippen molar-refractivity contribution < 1.29 is 9.90 Å². The molecule has 2 aromatic heterocycles. The van der Waals surface area contributed by atoms with Gasteiger partial charge in [0.05, 0.1) is 23.2 Å². The minimum absolute atomic E-state index is 0.0434. The Hall–Kier alpha value is -1.99. The average Bonchev–Trinajstić information content (AvgIpc) is 3.01. The Morgan fingerprint density at radius 1 is 1.46 bits per heavy atom. The van der Waals surface area contributed by atoms with E-state index in [9.17, 15) is 9.90 Å². The molecule has 0 bridgehead atoms. The number of anilines is 1. The van der Waals surface area contributed by atoms with Crippen LogP contribution in [0.5, 0.6) is 0 Å². The van der Waals surface area contributed by atoms with Gasteiger partial charge >= 0.3 is 0 Å². The summed E-state index contributed by atoms with van der Waals surface area (Å²) in [7, 11) is 1.75. The third kappa shape index (κ3) is 3.73. The highest BCUT2D eigenvalue weighted by molar-refractivity contribution is 7.13. The molecule has 3 rings (SSSR count).